The molecular formula is C19H22O3. The van der Waals surface area contributed by atoms with Gasteiger partial charge in [0.1, 0.15) is 11.4 Å². The maximum absolute atomic E-state index is 11.9. The van der Waals surface area contributed by atoms with Crippen LogP contribution in [0.2, 0.25) is 0 Å². The van der Waals surface area contributed by atoms with E-state index < -0.39 is 5.60 Å². The second kappa shape index (κ2) is 6.30. The van der Waals surface area contributed by atoms with Gasteiger partial charge in [0.05, 0.1) is 6.42 Å². The summed E-state index contributed by atoms with van der Waals surface area (Å²) in [7, 11) is 0. The lowest BCUT2D eigenvalue weighted by molar-refractivity contribution is -0.153. The van der Waals surface area contributed by atoms with Crippen LogP contribution in [0.4, 0.5) is 0 Å². The average molecular weight is 298 g/mol. The van der Waals surface area contributed by atoms with E-state index in [2.05, 4.69) is 0 Å². The van der Waals surface area contributed by atoms with Gasteiger partial charge in [-0.3, -0.25) is 9.59 Å². The molecule has 0 fully saturated rings. The van der Waals surface area contributed by atoms with E-state index in [9.17, 15) is 9.59 Å². The number of ether oxygens (including phenoxy) is 1. The Hall–Kier alpha value is -2.16. The van der Waals surface area contributed by atoms with Gasteiger partial charge >= 0.3 is 5.97 Å². The molecule has 3 heteroatoms. The van der Waals surface area contributed by atoms with Crippen molar-refractivity contribution in [1.82, 2.24) is 0 Å². The topological polar surface area (TPSA) is 43.4 Å². The quantitative estimate of drug-likeness (QED) is 0.805. The Labute approximate surface area is 131 Å². The lowest BCUT2D eigenvalue weighted by Crippen LogP contribution is -2.24. The van der Waals surface area contributed by atoms with Gasteiger partial charge in [-0.1, -0.05) is 36.4 Å². The molecule has 2 aromatic rings. The van der Waals surface area contributed by atoms with Crippen molar-refractivity contribution in [3.8, 4) is 0 Å². The largest absolute Gasteiger partial charge is 0.460 e. The maximum atomic E-state index is 11.9. The predicted octanol–water partition coefficient (Wildman–Crippen LogP) is 3.86. The molecule has 0 saturated heterocycles. The molecule has 2 aromatic carbocycles. The summed E-state index contributed by atoms with van der Waals surface area (Å²) in [5.41, 5.74) is 1.44. The van der Waals surface area contributed by atoms with Crippen LogP contribution in [0.25, 0.3) is 10.8 Å². The van der Waals surface area contributed by atoms with Crippen LogP contribution in [0.3, 0.4) is 0 Å². The van der Waals surface area contributed by atoms with Crippen LogP contribution in [-0.4, -0.2) is 17.4 Å². The Morgan fingerprint density at radius 2 is 1.45 bits per heavy atom. The standard InChI is InChI=1S/C19H22O3/c1-13(20)9-14-5-7-16-8-6-15(11-17(16)10-14)12-18(21)22-19(2,3)4/h5-8,10-11H,9,12H2,1-4H3. The van der Waals surface area contributed by atoms with Crippen molar-refractivity contribution < 1.29 is 14.3 Å². The van der Waals surface area contributed by atoms with E-state index in [-0.39, 0.29) is 18.2 Å². The molecule has 0 spiro atoms. The summed E-state index contributed by atoms with van der Waals surface area (Å²) in [4.78, 5) is 23.1. The third kappa shape index (κ3) is 4.69. The molecule has 0 aliphatic heterocycles. The van der Waals surface area contributed by atoms with Crippen LogP contribution in [0.5, 0.6) is 0 Å². The molecule has 0 unspecified atom stereocenters. The fraction of sp³-hybridized carbons (Fsp3) is 0.368. The predicted molar refractivity (Wildman–Crippen MR) is 87.9 cm³/mol. The summed E-state index contributed by atoms with van der Waals surface area (Å²) >= 11 is 0. The fourth-order valence-corrected chi connectivity index (χ4v) is 2.40. The monoisotopic (exact) mass is 298 g/mol. The molecule has 0 aliphatic carbocycles. The summed E-state index contributed by atoms with van der Waals surface area (Å²) in [6.07, 6.45) is 0.691. The van der Waals surface area contributed by atoms with Crippen LogP contribution >= 0.6 is 0 Å². The van der Waals surface area contributed by atoms with Crippen LogP contribution in [0, 0.1) is 0 Å². The molecule has 0 aliphatic rings. The van der Waals surface area contributed by atoms with E-state index in [1.807, 2.05) is 57.2 Å². The molecule has 0 saturated carbocycles. The Bertz CT molecular complexity index is 708. The number of Topliss-reactive ketones (excluding diaryl/α,β-unsaturated/α-hetero) is 1. The first-order valence-corrected chi connectivity index (χ1v) is 7.46. The van der Waals surface area contributed by atoms with E-state index in [0.717, 1.165) is 21.9 Å². The molecule has 0 radical (unpaired) electrons. The number of carbonyl (C=O) groups excluding carboxylic acids is 2. The second-order valence-corrected chi connectivity index (χ2v) is 6.66. The Morgan fingerprint density at radius 3 is 1.95 bits per heavy atom. The highest BCUT2D eigenvalue weighted by Gasteiger charge is 2.16. The lowest BCUT2D eigenvalue weighted by Gasteiger charge is -2.19. The number of hydrogen-bond donors (Lipinski definition) is 0. The second-order valence-electron chi connectivity index (χ2n) is 6.66. The van der Waals surface area contributed by atoms with E-state index >= 15 is 0 Å². The van der Waals surface area contributed by atoms with Crippen molar-refractivity contribution >= 4 is 22.5 Å². The number of fused-ring (bicyclic) bond motifs is 1. The first kappa shape index (κ1) is 16.2. The summed E-state index contributed by atoms with van der Waals surface area (Å²) < 4.78 is 5.35. The van der Waals surface area contributed by atoms with Gasteiger partial charge in [0.2, 0.25) is 0 Å². The molecule has 0 N–H and O–H groups in total. The first-order valence-electron chi connectivity index (χ1n) is 7.46. The van der Waals surface area contributed by atoms with Crippen LogP contribution in [0.15, 0.2) is 36.4 Å². The van der Waals surface area contributed by atoms with Crippen molar-refractivity contribution in [3.63, 3.8) is 0 Å². The first-order chi connectivity index (χ1) is 10.2. The van der Waals surface area contributed by atoms with Crippen molar-refractivity contribution in [2.75, 3.05) is 0 Å². The minimum Gasteiger partial charge on any atom is -0.460 e. The van der Waals surface area contributed by atoms with Crippen molar-refractivity contribution in [2.24, 2.45) is 0 Å². The average Bonchev–Trinajstić information content (AvgIpc) is 2.35. The van der Waals surface area contributed by atoms with Crippen molar-refractivity contribution in [2.45, 2.75) is 46.1 Å². The zero-order chi connectivity index (χ0) is 16.3. The molecule has 0 aromatic heterocycles. The smallest absolute Gasteiger partial charge is 0.310 e. The van der Waals surface area contributed by atoms with E-state index in [1.165, 1.54) is 0 Å². The molecular weight excluding hydrogens is 276 g/mol. The molecule has 116 valence electrons. The number of benzene rings is 2. The van der Waals surface area contributed by atoms with Gasteiger partial charge in [-0.25, -0.2) is 0 Å². The zero-order valence-electron chi connectivity index (χ0n) is 13.6. The van der Waals surface area contributed by atoms with Gasteiger partial charge in [0, 0.05) is 6.42 Å². The van der Waals surface area contributed by atoms with Crippen molar-refractivity contribution in [3.05, 3.63) is 47.5 Å². The molecule has 0 heterocycles. The number of esters is 1. The lowest BCUT2D eigenvalue weighted by atomic mass is 10.0. The Balaban J connectivity index is 2.21. The fourth-order valence-electron chi connectivity index (χ4n) is 2.40. The van der Waals surface area contributed by atoms with E-state index in [1.54, 1.807) is 6.92 Å². The maximum Gasteiger partial charge on any atom is 0.310 e. The van der Waals surface area contributed by atoms with Gasteiger partial charge in [0.15, 0.2) is 0 Å². The summed E-state index contributed by atoms with van der Waals surface area (Å²) in [6.45, 7) is 7.17. The third-order valence-electron chi connectivity index (χ3n) is 3.19. The van der Waals surface area contributed by atoms with Crippen molar-refractivity contribution in [1.29, 1.82) is 0 Å². The molecule has 0 amide bonds. The highest BCUT2D eigenvalue weighted by atomic mass is 16.6. The molecule has 22 heavy (non-hydrogen) atoms. The van der Waals surface area contributed by atoms with Gasteiger partial charge in [-0.15, -0.1) is 0 Å². The van der Waals surface area contributed by atoms with Crippen LogP contribution in [0.1, 0.15) is 38.8 Å². The number of ketones is 1. The highest BCUT2D eigenvalue weighted by molar-refractivity contribution is 5.86. The summed E-state index contributed by atoms with van der Waals surface area (Å²) in [5.74, 6) is -0.0870. The normalized spacial score (nSPS) is 11.5. The van der Waals surface area contributed by atoms with Gasteiger partial charge in [0.25, 0.3) is 0 Å². The number of rotatable bonds is 4. The summed E-state index contributed by atoms with van der Waals surface area (Å²) in [5, 5.41) is 2.14. The minimum atomic E-state index is -0.470. The molecule has 2 rings (SSSR count). The SMILES string of the molecule is CC(=O)Cc1ccc2ccc(CC(=O)OC(C)(C)C)cc2c1. The summed E-state index contributed by atoms with van der Waals surface area (Å²) in [6, 6.07) is 11.9. The van der Waals surface area contributed by atoms with Gasteiger partial charge in [-0.2, -0.15) is 0 Å². The number of hydrogen-bond acceptors (Lipinski definition) is 3. The van der Waals surface area contributed by atoms with Gasteiger partial charge in [-0.05, 0) is 49.6 Å². The van der Waals surface area contributed by atoms with E-state index in [0.29, 0.717) is 6.42 Å². The zero-order valence-corrected chi connectivity index (χ0v) is 13.6. The Kier molecular flexibility index (Phi) is 4.65. The minimum absolute atomic E-state index is 0.143. The number of carbonyl (C=O) groups is 2. The Morgan fingerprint density at radius 1 is 0.909 bits per heavy atom. The molecule has 0 atom stereocenters. The third-order valence-corrected chi connectivity index (χ3v) is 3.19. The highest BCUT2D eigenvalue weighted by Crippen LogP contribution is 2.20. The van der Waals surface area contributed by atoms with Crippen LogP contribution in [-0.2, 0) is 27.2 Å². The van der Waals surface area contributed by atoms with Crippen LogP contribution < -0.4 is 0 Å². The van der Waals surface area contributed by atoms with E-state index in [4.69, 9.17) is 4.74 Å². The molecule has 0 bridgehead atoms. The van der Waals surface area contributed by atoms with Gasteiger partial charge < -0.3 is 4.74 Å². The molecule has 3 nitrogen and oxygen atoms in total.